The van der Waals surface area contributed by atoms with E-state index in [-0.39, 0.29) is 36.6 Å². The van der Waals surface area contributed by atoms with E-state index in [0.717, 1.165) is 29.8 Å². The number of hydrogen-bond donors (Lipinski definition) is 3. The molecule has 2 heterocycles. The van der Waals surface area contributed by atoms with Crippen LogP contribution in [0.3, 0.4) is 0 Å². The largest absolute Gasteiger partial charge is 0.491 e. The van der Waals surface area contributed by atoms with E-state index in [1.807, 2.05) is 24.3 Å². The summed E-state index contributed by atoms with van der Waals surface area (Å²) in [5.74, 6) is 1.61. The van der Waals surface area contributed by atoms with Crippen LogP contribution < -0.4 is 15.4 Å². The number of rotatable bonds is 9. The monoisotopic (exact) mass is 520 g/mol. The molecular weight excluding hydrogens is 484 g/mol. The second-order valence-corrected chi connectivity index (χ2v) is 13.5. The zero-order chi connectivity index (χ0) is 25.2. The highest BCUT2D eigenvalue weighted by molar-refractivity contribution is 7.91. The predicted molar refractivity (Wildman–Crippen MR) is 141 cm³/mol. The highest BCUT2D eigenvalue weighted by Gasteiger charge is 2.32. The van der Waals surface area contributed by atoms with Crippen molar-refractivity contribution in [2.24, 2.45) is 5.92 Å². The van der Waals surface area contributed by atoms with Crippen LogP contribution in [0, 0.1) is 5.92 Å². The lowest BCUT2D eigenvalue weighted by Gasteiger charge is -2.19. The van der Waals surface area contributed by atoms with E-state index in [1.54, 1.807) is 11.3 Å². The van der Waals surface area contributed by atoms with Crippen LogP contribution in [0.1, 0.15) is 65.9 Å². The molecule has 1 aromatic carbocycles. The van der Waals surface area contributed by atoms with Crippen molar-refractivity contribution in [3.8, 4) is 5.75 Å². The maximum atomic E-state index is 13.3. The Bertz CT molecular complexity index is 1140. The van der Waals surface area contributed by atoms with E-state index in [1.165, 1.54) is 10.4 Å². The Morgan fingerprint density at radius 3 is 2.63 bits per heavy atom. The van der Waals surface area contributed by atoms with Crippen molar-refractivity contribution < 1.29 is 23.1 Å². The van der Waals surface area contributed by atoms with Gasteiger partial charge in [0.1, 0.15) is 23.5 Å². The van der Waals surface area contributed by atoms with Gasteiger partial charge in [-0.2, -0.15) is 0 Å². The number of fused-ring (bicyclic) bond motifs is 1. The Morgan fingerprint density at radius 1 is 1.23 bits per heavy atom. The average Bonchev–Trinajstić information content (AvgIpc) is 3.34. The first kappa shape index (κ1) is 26.0. The van der Waals surface area contributed by atoms with Crippen molar-refractivity contribution in [3.63, 3.8) is 0 Å². The van der Waals surface area contributed by atoms with Crippen molar-refractivity contribution >= 4 is 32.1 Å². The Morgan fingerprint density at radius 2 is 1.97 bits per heavy atom. The number of aliphatic hydroxyl groups is 1. The summed E-state index contributed by atoms with van der Waals surface area (Å²) in [6.07, 6.45) is 2.48. The molecule has 2 aliphatic rings. The molecule has 1 aliphatic heterocycles. The fourth-order valence-electron chi connectivity index (χ4n) is 4.69. The van der Waals surface area contributed by atoms with Crippen LogP contribution in [-0.2, 0) is 22.7 Å². The molecule has 1 amide bonds. The molecule has 0 saturated carbocycles. The number of carbonyl (C=O) groups excluding carboxylic acids is 1. The van der Waals surface area contributed by atoms with Crippen LogP contribution in [0.4, 0.5) is 5.00 Å². The van der Waals surface area contributed by atoms with Gasteiger partial charge in [0.15, 0.2) is 9.84 Å². The van der Waals surface area contributed by atoms with E-state index in [9.17, 15) is 18.3 Å². The normalized spacial score (nSPS) is 22.0. The molecule has 3 atom stereocenters. The molecule has 7 nitrogen and oxygen atoms in total. The maximum Gasteiger partial charge on any atom is 0.254 e. The number of benzene rings is 1. The van der Waals surface area contributed by atoms with Gasteiger partial charge < -0.3 is 20.5 Å². The number of aliphatic hydroxyl groups excluding tert-OH is 1. The molecule has 1 fully saturated rings. The number of hydrogen-bond acceptors (Lipinski definition) is 7. The van der Waals surface area contributed by atoms with Crippen molar-refractivity contribution in [1.82, 2.24) is 5.32 Å². The Balaban J connectivity index is 1.40. The predicted octanol–water partition coefficient (Wildman–Crippen LogP) is 3.77. The molecule has 9 heteroatoms. The van der Waals surface area contributed by atoms with Crippen LogP contribution >= 0.6 is 11.3 Å². The Labute approximate surface area is 212 Å². The van der Waals surface area contributed by atoms with Gasteiger partial charge >= 0.3 is 0 Å². The van der Waals surface area contributed by atoms with Crippen molar-refractivity contribution in [3.05, 3.63) is 45.8 Å². The van der Waals surface area contributed by atoms with Gasteiger partial charge in [-0.05, 0) is 60.8 Å². The molecule has 3 N–H and O–H groups in total. The van der Waals surface area contributed by atoms with Crippen LogP contribution in [-0.4, -0.2) is 56.2 Å². The number of nitrogens with one attached hydrogen (secondary N) is 2. The van der Waals surface area contributed by atoms with Crippen LogP contribution in [0.25, 0.3) is 0 Å². The van der Waals surface area contributed by atoms with Crippen LogP contribution in [0.2, 0.25) is 0 Å². The lowest BCUT2D eigenvalue weighted by atomic mass is 9.88. The lowest BCUT2D eigenvalue weighted by Crippen LogP contribution is -2.36. The van der Waals surface area contributed by atoms with Crippen LogP contribution in [0.15, 0.2) is 24.3 Å². The van der Waals surface area contributed by atoms with Gasteiger partial charge in [-0.1, -0.05) is 32.9 Å². The molecule has 192 valence electrons. The summed E-state index contributed by atoms with van der Waals surface area (Å²) < 4.78 is 29.4. The minimum absolute atomic E-state index is 0.000928. The maximum absolute atomic E-state index is 13.3. The molecule has 1 aromatic heterocycles. The highest BCUT2D eigenvalue weighted by Crippen LogP contribution is 2.39. The first-order valence-corrected chi connectivity index (χ1v) is 15.1. The van der Waals surface area contributed by atoms with Gasteiger partial charge in [0, 0.05) is 17.5 Å². The molecular formula is C26H36N2O5S2. The molecule has 0 spiro atoms. The number of anilines is 1. The van der Waals surface area contributed by atoms with Gasteiger partial charge in [0.25, 0.3) is 5.91 Å². The first-order valence-electron chi connectivity index (χ1n) is 12.4. The Hall–Kier alpha value is -2.10. The molecule has 1 aliphatic carbocycles. The van der Waals surface area contributed by atoms with Gasteiger partial charge in [0.05, 0.1) is 17.1 Å². The molecule has 0 bridgehead atoms. The van der Waals surface area contributed by atoms with Gasteiger partial charge in [-0.25, -0.2) is 8.42 Å². The Kier molecular flexibility index (Phi) is 8.08. The minimum Gasteiger partial charge on any atom is -0.491 e. The molecule has 1 saturated heterocycles. The topological polar surface area (TPSA) is 105 Å². The summed E-state index contributed by atoms with van der Waals surface area (Å²) in [7, 11) is -3.08. The van der Waals surface area contributed by atoms with Gasteiger partial charge in [-0.3, -0.25) is 4.79 Å². The average molecular weight is 521 g/mol. The van der Waals surface area contributed by atoms with Crippen molar-refractivity contribution in [1.29, 1.82) is 0 Å². The third-order valence-electron chi connectivity index (χ3n) is 6.79. The van der Waals surface area contributed by atoms with Gasteiger partial charge in [0.2, 0.25) is 0 Å². The summed E-state index contributed by atoms with van der Waals surface area (Å²) in [5.41, 5.74) is 2.90. The lowest BCUT2D eigenvalue weighted by molar-refractivity contribution is 0.0940. The van der Waals surface area contributed by atoms with E-state index >= 15 is 0 Å². The molecule has 3 unspecified atom stereocenters. The standard InChI is InChI=1S/C26H36N2O5S2/c1-16(2)18-5-7-21(8-6-18)33-14-20(29)13-27-26-24(22-9-4-17(3)12-23(22)34-26)25(30)28-19-10-11-35(31,32)15-19/h5-8,16-17,19-20,27,29H,4,9-15H2,1-3H3,(H,28,30). The van der Waals surface area contributed by atoms with Crippen molar-refractivity contribution in [2.45, 2.75) is 64.5 Å². The van der Waals surface area contributed by atoms with E-state index < -0.39 is 15.9 Å². The fourth-order valence-corrected chi connectivity index (χ4v) is 7.78. The van der Waals surface area contributed by atoms with Crippen molar-refractivity contribution in [2.75, 3.05) is 30.0 Å². The molecule has 2 aromatic rings. The zero-order valence-electron chi connectivity index (χ0n) is 20.7. The SMILES string of the molecule is CC1CCc2c(sc(NCC(O)COc3ccc(C(C)C)cc3)c2C(=O)NC2CCS(=O)(=O)C2)C1. The van der Waals surface area contributed by atoms with Gasteiger partial charge in [-0.15, -0.1) is 11.3 Å². The summed E-state index contributed by atoms with van der Waals surface area (Å²) >= 11 is 1.57. The molecule has 35 heavy (non-hydrogen) atoms. The minimum atomic E-state index is -3.08. The van der Waals surface area contributed by atoms with E-state index in [2.05, 4.69) is 31.4 Å². The number of thiophene rings is 1. The number of amides is 1. The fraction of sp³-hybridized carbons (Fsp3) is 0.577. The van der Waals surface area contributed by atoms with Crippen LogP contribution in [0.5, 0.6) is 5.75 Å². The number of ether oxygens (including phenoxy) is 1. The summed E-state index contributed by atoms with van der Waals surface area (Å²) in [5, 5.41) is 17.5. The number of sulfone groups is 1. The molecule has 0 radical (unpaired) electrons. The highest BCUT2D eigenvalue weighted by atomic mass is 32.2. The summed E-state index contributed by atoms with van der Waals surface area (Å²) in [6.45, 7) is 6.87. The van der Waals surface area contributed by atoms with E-state index in [0.29, 0.717) is 29.6 Å². The first-order chi connectivity index (χ1) is 16.6. The quantitative estimate of drug-likeness (QED) is 0.465. The third kappa shape index (κ3) is 6.57. The third-order valence-corrected chi connectivity index (χ3v) is 9.77. The smallest absolute Gasteiger partial charge is 0.254 e. The second-order valence-electron chi connectivity index (χ2n) is 10.2. The second kappa shape index (κ2) is 10.9. The number of carbonyl (C=O) groups is 1. The van der Waals surface area contributed by atoms with E-state index in [4.69, 9.17) is 4.74 Å². The molecule has 4 rings (SSSR count). The summed E-state index contributed by atoms with van der Waals surface area (Å²) in [4.78, 5) is 14.5. The summed E-state index contributed by atoms with van der Waals surface area (Å²) in [6, 6.07) is 7.54. The zero-order valence-corrected chi connectivity index (χ0v) is 22.3.